The van der Waals surface area contributed by atoms with Crippen molar-refractivity contribution in [3.05, 3.63) is 27.1 Å². The van der Waals surface area contributed by atoms with Crippen molar-refractivity contribution in [2.24, 2.45) is 0 Å². The van der Waals surface area contributed by atoms with Crippen molar-refractivity contribution < 1.29 is 18.3 Å². The summed E-state index contributed by atoms with van der Waals surface area (Å²) in [6, 6.07) is 4.72. The van der Waals surface area contributed by atoms with E-state index < -0.39 is 21.5 Å². The van der Waals surface area contributed by atoms with Crippen LogP contribution in [0.15, 0.2) is 32.0 Å². The summed E-state index contributed by atoms with van der Waals surface area (Å²) >= 11 is 6.36. The van der Waals surface area contributed by atoms with E-state index in [2.05, 4.69) is 36.6 Å². The van der Waals surface area contributed by atoms with Crippen LogP contribution in [0.1, 0.15) is 19.3 Å². The van der Waals surface area contributed by atoms with Crippen molar-refractivity contribution in [1.29, 1.82) is 0 Å². The smallest absolute Gasteiger partial charge is 0.324 e. The van der Waals surface area contributed by atoms with Crippen LogP contribution in [-0.4, -0.2) is 25.0 Å². The number of hydrogen-bond acceptors (Lipinski definition) is 3. The number of aliphatic carboxylic acids is 1. The molecule has 0 bridgehead atoms. The molecule has 0 spiro atoms. The summed E-state index contributed by atoms with van der Waals surface area (Å²) in [6.07, 6.45) is 1.33. The predicted octanol–water partition coefficient (Wildman–Crippen LogP) is 2.50. The Labute approximate surface area is 127 Å². The van der Waals surface area contributed by atoms with E-state index in [-0.39, 0.29) is 4.90 Å². The zero-order valence-electron chi connectivity index (χ0n) is 9.69. The average molecular weight is 413 g/mol. The van der Waals surface area contributed by atoms with Gasteiger partial charge in [0.1, 0.15) is 5.54 Å². The molecular weight excluding hydrogens is 402 g/mol. The highest BCUT2D eigenvalue weighted by molar-refractivity contribution is 9.11. The molecule has 0 aromatic heterocycles. The molecule has 1 fully saturated rings. The van der Waals surface area contributed by atoms with Gasteiger partial charge in [0.2, 0.25) is 10.0 Å². The molecule has 19 heavy (non-hydrogen) atoms. The van der Waals surface area contributed by atoms with Gasteiger partial charge in [-0.1, -0.05) is 15.9 Å². The van der Waals surface area contributed by atoms with Gasteiger partial charge in [-0.25, -0.2) is 8.42 Å². The van der Waals surface area contributed by atoms with Crippen LogP contribution >= 0.6 is 31.9 Å². The number of carboxylic acid groups (broad SMARTS) is 1. The van der Waals surface area contributed by atoms with E-state index in [0.717, 1.165) is 0 Å². The standard InChI is InChI=1S/C11H11Br2NO4S/c12-7-2-3-8(13)9(6-7)19(17,18)14-11(10(15)16)4-1-5-11/h2-3,6,14H,1,4-5H2,(H,15,16). The van der Waals surface area contributed by atoms with Gasteiger partial charge in [0.25, 0.3) is 0 Å². The molecule has 2 N–H and O–H groups in total. The summed E-state index contributed by atoms with van der Waals surface area (Å²) in [5.74, 6) is -1.13. The molecule has 0 unspecified atom stereocenters. The molecule has 8 heteroatoms. The number of sulfonamides is 1. The topological polar surface area (TPSA) is 83.5 Å². The molecular formula is C11H11Br2NO4S. The fourth-order valence-electron chi connectivity index (χ4n) is 1.89. The first kappa shape index (κ1) is 15.0. The van der Waals surface area contributed by atoms with Crippen molar-refractivity contribution in [2.45, 2.75) is 29.7 Å². The van der Waals surface area contributed by atoms with E-state index in [4.69, 9.17) is 5.11 Å². The highest BCUT2D eigenvalue weighted by atomic mass is 79.9. The molecule has 0 heterocycles. The molecule has 5 nitrogen and oxygen atoms in total. The van der Waals surface area contributed by atoms with E-state index >= 15 is 0 Å². The van der Waals surface area contributed by atoms with Gasteiger partial charge in [-0.3, -0.25) is 4.79 Å². The van der Waals surface area contributed by atoms with E-state index in [1.807, 2.05) is 0 Å². The maximum Gasteiger partial charge on any atom is 0.324 e. The van der Waals surface area contributed by atoms with Gasteiger partial charge in [-0.15, -0.1) is 0 Å². The molecule has 0 amide bonds. The molecule has 1 aromatic carbocycles. The van der Waals surface area contributed by atoms with Crippen LogP contribution in [0.2, 0.25) is 0 Å². The van der Waals surface area contributed by atoms with Crippen molar-refractivity contribution in [1.82, 2.24) is 4.72 Å². The van der Waals surface area contributed by atoms with Crippen LogP contribution in [0, 0.1) is 0 Å². The number of carbonyl (C=O) groups is 1. The number of halogens is 2. The van der Waals surface area contributed by atoms with Crippen LogP contribution in [-0.2, 0) is 14.8 Å². The zero-order chi connectivity index (χ0) is 14.3. The molecule has 0 aliphatic heterocycles. The third kappa shape index (κ3) is 2.86. The minimum absolute atomic E-state index is 0.0226. The monoisotopic (exact) mass is 411 g/mol. The average Bonchev–Trinajstić information content (AvgIpc) is 2.26. The Balaban J connectivity index is 2.38. The fourth-order valence-corrected chi connectivity index (χ4v) is 4.81. The van der Waals surface area contributed by atoms with Crippen LogP contribution in [0.25, 0.3) is 0 Å². The van der Waals surface area contributed by atoms with Crippen molar-refractivity contribution >= 4 is 47.9 Å². The van der Waals surface area contributed by atoms with Crippen LogP contribution < -0.4 is 4.72 Å². The normalized spacial score (nSPS) is 17.8. The number of benzene rings is 1. The third-order valence-corrected chi connectivity index (χ3v) is 6.15. The van der Waals surface area contributed by atoms with Crippen molar-refractivity contribution in [2.75, 3.05) is 0 Å². The van der Waals surface area contributed by atoms with Crippen molar-refractivity contribution in [3.63, 3.8) is 0 Å². The van der Waals surface area contributed by atoms with Gasteiger partial charge in [0.05, 0.1) is 4.90 Å². The van der Waals surface area contributed by atoms with Crippen LogP contribution in [0.4, 0.5) is 0 Å². The lowest BCUT2D eigenvalue weighted by Crippen LogP contribution is -2.58. The zero-order valence-corrected chi connectivity index (χ0v) is 13.7. The van der Waals surface area contributed by atoms with Gasteiger partial charge in [0.15, 0.2) is 0 Å². The van der Waals surface area contributed by atoms with E-state index in [9.17, 15) is 13.2 Å². The van der Waals surface area contributed by atoms with Crippen LogP contribution in [0.3, 0.4) is 0 Å². The Kier molecular flexibility index (Phi) is 4.06. The predicted molar refractivity (Wildman–Crippen MR) is 76.4 cm³/mol. The highest BCUT2D eigenvalue weighted by Gasteiger charge is 2.47. The van der Waals surface area contributed by atoms with Gasteiger partial charge in [-0.05, 0) is 53.4 Å². The molecule has 1 saturated carbocycles. The van der Waals surface area contributed by atoms with E-state index in [1.165, 1.54) is 6.07 Å². The first-order valence-electron chi connectivity index (χ1n) is 5.49. The summed E-state index contributed by atoms with van der Waals surface area (Å²) in [5, 5.41) is 9.17. The lowest BCUT2D eigenvalue weighted by atomic mass is 9.78. The molecule has 0 saturated heterocycles. The van der Waals surface area contributed by atoms with Crippen molar-refractivity contribution in [3.8, 4) is 0 Å². The fraction of sp³-hybridized carbons (Fsp3) is 0.364. The summed E-state index contributed by atoms with van der Waals surface area (Å²) in [7, 11) is -3.88. The SMILES string of the molecule is O=C(O)C1(NS(=O)(=O)c2cc(Br)ccc2Br)CCC1. The van der Waals surface area contributed by atoms with Gasteiger partial charge < -0.3 is 5.11 Å². The summed E-state index contributed by atoms with van der Waals surface area (Å²) < 4.78 is 27.9. The van der Waals surface area contributed by atoms with E-state index in [1.54, 1.807) is 12.1 Å². The Morgan fingerprint density at radius 1 is 1.32 bits per heavy atom. The molecule has 104 valence electrons. The quantitative estimate of drug-likeness (QED) is 0.795. The molecule has 1 aliphatic carbocycles. The molecule has 1 aliphatic rings. The molecule has 0 radical (unpaired) electrons. The summed E-state index contributed by atoms with van der Waals surface area (Å²) in [6.45, 7) is 0. The minimum atomic E-state index is -3.88. The Morgan fingerprint density at radius 3 is 2.42 bits per heavy atom. The van der Waals surface area contributed by atoms with Gasteiger partial charge >= 0.3 is 5.97 Å². The number of carboxylic acids is 1. The first-order chi connectivity index (χ1) is 8.77. The summed E-state index contributed by atoms with van der Waals surface area (Å²) in [5.41, 5.74) is -1.36. The third-order valence-electron chi connectivity index (χ3n) is 3.13. The maximum absolute atomic E-state index is 12.3. The second-order valence-electron chi connectivity index (χ2n) is 4.42. The molecule has 2 rings (SSSR count). The molecule has 0 atom stereocenters. The largest absolute Gasteiger partial charge is 0.480 e. The highest BCUT2D eigenvalue weighted by Crippen LogP contribution is 2.35. The lowest BCUT2D eigenvalue weighted by Gasteiger charge is -2.37. The van der Waals surface area contributed by atoms with Crippen LogP contribution in [0.5, 0.6) is 0 Å². The lowest BCUT2D eigenvalue weighted by molar-refractivity contribution is -0.147. The minimum Gasteiger partial charge on any atom is -0.480 e. The first-order valence-corrected chi connectivity index (χ1v) is 8.56. The number of hydrogen-bond donors (Lipinski definition) is 2. The number of rotatable bonds is 4. The molecule has 1 aromatic rings. The number of nitrogens with one attached hydrogen (secondary N) is 1. The Bertz CT molecular complexity index is 626. The summed E-state index contributed by atoms with van der Waals surface area (Å²) in [4.78, 5) is 11.2. The van der Waals surface area contributed by atoms with E-state index in [0.29, 0.717) is 28.2 Å². The maximum atomic E-state index is 12.3. The second kappa shape index (κ2) is 5.16. The Morgan fingerprint density at radius 2 is 1.95 bits per heavy atom. The van der Waals surface area contributed by atoms with Gasteiger partial charge in [0, 0.05) is 8.95 Å². The Hall–Kier alpha value is -0.440. The van der Waals surface area contributed by atoms with Gasteiger partial charge in [-0.2, -0.15) is 4.72 Å². The second-order valence-corrected chi connectivity index (χ2v) is 7.84.